The number of carbonyl (C=O) groups excluding carboxylic acids is 1. The van der Waals surface area contributed by atoms with Crippen molar-refractivity contribution in [2.24, 2.45) is 0 Å². The molecule has 2 aromatic carbocycles. The number of rotatable bonds is 5. The molecule has 1 aliphatic carbocycles. The van der Waals surface area contributed by atoms with Gasteiger partial charge in [-0.3, -0.25) is 14.9 Å². The SMILES string of the molecule is CCCN(C(=O)c1ccccc1)C1Cc2cccc([N+](=O)[O-])c2C1. The minimum atomic E-state index is -0.329. The minimum absolute atomic E-state index is 0.00194. The van der Waals surface area contributed by atoms with Crippen LogP contribution in [0, 0.1) is 10.1 Å². The second kappa shape index (κ2) is 6.83. The van der Waals surface area contributed by atoms with Gasteiger partial charge in [0.2, 0.25) is 0 Å². The molecule has 5 nitrogen and oxygen atoms in total. The Morgan fingerprint density at radius 2 is 1.92 bits per heavy atom. The third-order valence-corrected chi connectivity index (χ3v) is 4.53. The van der Waals surface area contributed by atoms with Crippen molar-refractivity contribution in [1.29, 1.82) is 0 Å². The van der Waals surface area contributed by atoms with Gasteiger partial charge in [-0.05, 0) is 30.5 Å². The first-order chi connectivity index (χ1) is 11.6. The lowest BCUT2D eigenvalue weighted by Gasteiger charge is -2.28. The number of hydrogen-bond donors (Lipinski definition) is 0. The van der Waals surface area contributed by atoms with Crippen molar-refractivity contribution >= 4 is 11.6 Å². The van der Waals surface area contributed by atoms with Crippen LogP contribution in [-0.4, -0.2) is 28.3 Å². The van der Waals surface area contributed by atoms with E-state index in [1.165, 1.54) is 0 Å². The molecule has 0 spiro atoms. The molecule has 2 aromatic rings. The Balaban J connectivity index is 1.88. The zero-order valence-corrected chi connectivity index (χ0v) is 13.6. The first-order valence-corrected chi connectivity index (χ1v) is 8.23. The van der Waals surface area contributed by atoms with Crippen molar-refractivity contribution in [3.8, 4) is 0 Å². The van der Waals surface area contributed by atoms with Gasteiger partial charge in [-0.15, -0.1) is 0 Å². The van der Waals surface area contributed by atoms with Crippen molar-refractivity contribution in [3.63, 3.8) is 0 Å². The summed E-state index contributed by atoms with van der Waals surface area (Å²) in [6.45, 7) is 2.69. The quantitative estimate of drug-likeness (QED) is 0.623. The Labute approximate surface area is 141 Å². The van der Waals surface area contributed by atoms with Crippen molar-refractivity contribution < 1.29 is 9.72 Å². The maximum absolute atomic E-state index is 12.9. The number of nitro groups is 1. The molecule has 1 unspecified atom stereocenters. The normalized spacial score (nSPS) is 15.8. The summed E-state index contributed by atoms with van der Waals surface area (Å²) in [5.74, 6) is -0.00194. The van der Waals surface area contributed by atoms with Crippen LogP contribution in [0.25, 0.3) is 0 Å². The highest BCUT2D eigenvalue weighted by Crippen LogP contribution is 2.33. The summed E-state index contributed by atoms with van der Waals surface area (Å²) in [7, 11) is 0. The van der Waals surface area contributed by atoms with Gasteiger partial charge in [0.1, 0.15) is 0 Å². The van der Waals surface area contributed by atoms with Gasteiger partial charge in [0.15, 0.2) is 0 Å². The lowest BCUT2D eigenvalue weighted by Crippen LogP contribution is -2.41. The highest BCUT2D eigenvalue weighted by molar-refractivity contribution is 5.94. The van der Waals surface area contributed by atoms with E-state index in [1.54, 1.807) is 12.1 Å². The summed E-state index contributed by atoms with van der Waals surface area (Å²) >= 11 is 0. The number of amides is 1. The average molecular weight is 324 g/mol. The largest absolute Gasteiger partial charge is 0.335 e. The third-order valence-electron chi connectivity index (χ3n) is 4.53. The zero-order chi connectivity index (χ0) is 17.1. The summed E-state index contributed by atoms with van der Waals surface area (Å²) in [6, 6.07) is 14.4. The van der Waals surface area contributed by atoms with E-state index in [0.29, 0.717) is 24.9 Å². The monoisotopic (exact) mass is 324 g/mol. The van der Waals surface area contributed by atoms with Crippen LogP contribution in [0.1, 0.15) is 34.8 Å². The summed E-state index contributed by atoms with van der Waals surface area (Å²) in [6.07, 6.45) is 2.08. The topological polar surface area (TPSA) is 63.5 Å². The Morgan fingerprint density at radius 1 is 1.17 bits per heavy atom. The fourth-order valence-corrected chi connectivity index (χ4v) is 3.44. The molecule has 0 N–H and O–H groups in total. The Morgan fingerprint density at radius 3 is 2.58 bits per heavy atom. The molecule has 3 rings (SSSR count). The standard InChI is InChI=1S/C19H20N2O3/c1-2-11-20(19(22)14-7-4-3-5-8-14)16-12-15-9-6-10-18(21(23)24)17(15)13-16/h3-10,16H,2,11-13H2,1H3. The van der Waals surface area contributed by atoms with Crippen LogP contribution < -0.4 is 0 Å². The molecular formula is C19H20N2O3. The van der Waals surface area contributed by atoms with Crippen LogP contribution in [0.5, 0.6) is 0 Å². The van der Waals surface area contributed by atoms with Crippen LogP contribution in [0.4, 0.5) is 5.69 Å². The molecule has 1 amide bonds. The molecule has 5 heteroatoms. The van der Waals surface area contributed by atoms with E-state index in [9.17, 15) is 14.9 Å². The van der Waals surface area contributed by atoms with Crippen LogP contribution in [-0.2, 0) is 12.8 Å². The van der Waals surface area contributed by atoms with Crippen LogP contribution in [0.3, 0.4) is 0 Å². The molecule has 1 aliphatic rings. The number of nitrogens with zero attached hydrogens (tertiary/aromatic N) is 2. The summed E-state index contributed by atoms with van der Waals surface area (Å²) < 4.78 is 0. The van der Waals surface area contributed by atoms with Crippen molar-refractivity contribution in [2.75, 3.05) is 6.54 Å². The van der Waals surface area contributed by atoms with Crippen LogP contribution in [0.2, 0.25) is 0 Å². The molecule has 0 aromatic heterocycles. The summed E-state index contributed by atoms with van der Waals surface area (Å²) in [5.41, 5.74) is 2.58. The fraction of sp³-hybridized carbons (Fsp3) is 0.316. The number of nitro benzene ring substituents is 1. The van der Waals surface area contributed by atoms with Gasteiger partial charge in [0.05, 0.1) is 4.92 Å². The van der Waals surface area contributed by atoms with Gasteiger partial charge in [0.25, 0.3) is 11.6 Å². The molecule has 0 bridgehead atoms. The molecule has 0 fully saturated rings. The third kappa shape index (κ3) is 3.02. The fourth-order valence-electron chi connectivity index (χ4n) is 3.44. The van der Waals surface area contributed by atoms with Gasteiger partial charge in [-0.25, -0.2) is 0 Å². The molecule has 0 heterocycles. The van der Waals surface area contributed by atoms with Crippen LogP contribution in [0.15, 0.2) is 48.5 Å². The zero-order valence-electron chi connectivity index (χ0n) is 13.6. The number of carbonyl (C=O) groups is 1. The molecule has 124 valence electrons. The number of fused-ring (bicyclic) bond motifs is 1. The van der Waals surface area contributed by atoms with Gasteiger partial charge in [-0.2, -0.15) is 0 Å². The lowest BCUT2D eigenvalue weighted by molar-refractivity contribution is -0.385. The maximum Gasteiger partial charge on any atom is 0.272 e. The minimum Gasteiger partial charge on any atom is -0.335 e. The Kier molecular flexibility index (Phi) is 4.60. The van der Waals surface area contributed by atoms with Crippen molar-refractivity contribution in [2.45, 2.75) is 32.2 Å². The van der Waals surface area contributed by atoms with Crippen LogP contribution >= 0.6 is 0 Å². The van der Waals surface area contributed by atoms with E-state index in [4.69, 9.17) is 0 Å². The maximum atomic E-state index is 12.9. The van der Waals surface area contributed by atoms with Crippen molar-refractivity contribution in [3.05, 3.63) is 75.3 Å². The highest BCUT2D eigenvalue weighted by atomic mass is 16.6. The van der Waals surface area contributed by atoms with E-state index < -0.39 is 0 Å². The van der Waals surface area contributed by atoms with E-state index in [0.717, 1.165) is 17.5 Å². The predicted molar refractivity (Wildman–Crippen MR) is 92.1 cm³/mol. The molecule has 0 radical (unpaired) electrons. The lowest BCUT2D eigenvalue weighted by atomic mass is 10.1. The van der Waals surface area contributed by atoms with Gasteiger partial charge < -0.3 is 4.90 Å². The smallest absolute Gasteiger partial charge is 0.272 e. The Bertz CT molecular complexity index is 758. The molecule has 1 atom stereocenters. The average Bonchev–Trinajstić information content (AvgIpc) is 3.03. The second-order valence-corrected chi connectivity index (χ2v) is 6.10. The van der Waals surface area contributed by atoms with E-state index in [1.807, 2.05) is 48.2 Å². The summed E-state index contributed by atoms with van der Waals surface area (Å²) in [5, 5.41) is 11.2. The predicted octanol–water partition coefficient (Wildman–Crippen LogP) is 3.61. The molecule has 0 aliphatic heterocycles. The molecule has 0 saturated carbocycles. The number of hydrogen-bond acceptors (Lipinski definition) is 3. The van der Waals surface area contributed by atoms with Gasteiger partial charge in [-0.1, -0.05) is 37.3 Å². The first kappa shape index (κ1) is 16.2. The van der Waals surface area contributed by atoms with Gasteiger partial charge in [0, 0.05) is 36.2 Å². The van der Waals surface area contributed by atoms with E-state index >= 15 is 0 Å². The van der Waals surface area contributed by atoms with E-state index in [-0.39, 0.29) is 22.6 Å². The van der Waals surface area contributed by atoms with Gasteiger partial charge >= 0.3 is 0 Å². The first-order valence-electron chi connectivity index (χ1n) is 8.23. The highest BCUT2D eigenvalue weighted by Gasteiger charge is 2.33. The molecule has 24 heavy (non-hydrogen) atoms. The summed E-state index contributed by atoms with van der Waals surface area (Å²) in [4.78, 5) is 25.7. The molecular weight excluding hydrogens is 304 g/mol. The number of benzene rings is 2. The Hall–Kier alpha value is -2.69. The molecule has 0 saturated heterocycles. The second-order valence-electron chi connectivity index (χ2n) is 6.10. The van der Waals surface area contributed by atoms with E-state index in [2.05, 4.69) is 0 Å². The van der Waals surface area contributed by atoms with Crippen molar-refractivity contribution in [1.82, 2.24) is 4.90 Å².